The van der Waals surface area contributed by atoms with Crippen LogP contribution in [0, 0.1) is 0 Å². The van der Waals surface area contributed by atoms with E-state index in [1.807, 2.05) is 30.6 Å². The lowest BCUT2D eigenvalue weighted by Crippen LogP contribution is -2.14. The van der Waals surface area contributed by atoms with Crippen LogP contribution in [0.2, 0.25) is 0 Å². The van der Waals surface area contributed by atoms with Crippen molar-refractivity contribution >= 4 is 76.2 Å². The van der Waals surface area contributed by atoms with Crippen molar-refractivity contribution in [2.75, 3.05) is 0 Å². The van der Waals surface area contributed by atoms with Gasteiger partial charge in [0.05, 0.1) is 43.3 Å². The first-order chi connectivity index (χ1) is 29.5. The van der Waals surface area contributed by atoms with Crippen molar-refractivity contribution < 1.29 is 0 Å². The molecule has 0 saturated carbocycles. The van der Waals surface area contributed by atoms with Gasteiger partial charge in [-0.2, -0.15) is 0 Å². The van der Waals surface area contributed by atoms with E-state index >= 15 is 0 Å². The van der Waals surface area contributed by atoms with E-state index in [1.54, 1.807) is 11.3 Å². The van der Waals surface area contributed by atoms with E-state index in [1.165, 1.54) is 49.6 Å². The van der Waals surface area contributed by atoms with Crippen LogP contribution in [0.15, 0.2) is 170 Å². The topological polar surface area (TPSA) is 61.4 Å². The molecule has 5 heterocycles. The summed E-state index contributed by atoms with van der Waals surface area (Å²) in [5.74, 6) is 0.788. The number of thiazole rings is 1. The lowest BCUT2D eigenvalue weighted by Gasteiger charge is -2.21. The van der Waals surface area contributed by atoms with Crippen LogP contribution >= 0.6 is 11.3 Å². The molecular weight excluding hydrogens is 753 g/mol. The molecule has 1 aliphatic rings. The van der Waals surface area contributed by atoms with Gasteiger partial charge in [0.25, 0.3) is 0 Å². The number of nitrogens with zero attached hydrogens (tertiary/aromatic N) is 6. The fourth-order valence-electron chi connectivity index (χ4n) is 9.85. The molecule has 0 N–H and O–H groups in total. The van der Waals surface area contributed by atoms with Gasteiger partial charge in [0.2, 0.25) is 0 Å². The molecule has 0 fully saturated rings. The quantitative estimate of drug-likeness (QED) is 0.167. The van der Waals surface area contributed by atoms with Gasteiger partial charge in [-0.15, -0.1) is 11.3 Å². The molecule has 1 aliphatic carbocycles. The van der Waals surface area contributed by atoms with Crippen LogP contribution in [0.3, 0.4) is 0 Å². The molecule has 6 nitrogen and oxygen atoms in total. The van der Waals surface area contributed by atoms with E-state index in [0.29, 0.717) is 0 Å². The maximum absolute atomic E-state index is 5.47. The van der Waals surface area contributed by atoms with Gasteiger partial charge in [-0.05, 0) is 112 Å². The van der Waals surface area contributed by atoms with Crippen LogP contribution < -0.4 is 0 Å². The van der Waals surface area contributed by atoms with Crippen molar-refractivity contribution in [3.05, 3.63) is 181 Å². The van der Waals surface area contributed by atoms with E-state index in [2.05, 4.69) is 163 Å². The van der Waals surface area contributed by atoms with Crippen molar-refractivity contribution in [2.45, 2.75) is 19.3 Å². The Bertz CT molecular complexity index is 3740. The summed E-state index contributed by atoms with van der Waals surface area (Å²) in [6.07, 6.45) is 3.68. The average Bonchev–Trinajstić information content (AvgIpc) is 4.05. The van der Waals surface area contributed by atoms with Crippen LogP contribution in [-0.2, 0) is 5.41 Å². The molecule has 0 bridgehead atoms. The molecule has 13 rings (SSSR count). The van der Waals surface area contributed by atoms with Gasteiger partial charge in [0.1, 0.15) is 0 Å². The van der Waals surface area contributed by atoms with Crippen LogP contribution in [0.4, 0.5) is 0 Å². The molecule has 0 amide bonds. The highest BCUT2D eigenvalue weighted by Gasteiger charge is 2.36. The van der Waals surface area contributed by atoms with Crippen LogP contribution in [-0.4, -0.2) is 29.1 Å². The minimum absolute atomic E-state index is 0.106. The minimum Gasteiger partial charge on any atom is -0.309 e. The number of para-hydroxylation sites is 1. The van der Waals surface area contributed by atoms with Crippen molar-refractivity contribution in [3.63, 3.8) is 0 Å². The second-order valence-electron chi connectivity index (χ2n) is 16.3. The molecule has 0 atom stereocenters. The van der Waals surface area contributed by atoms with Crippen molar-refractivity contribution in [3.8, 4) is 44.5 Å². The Morgan fingerprint density at radius 2 is 1.18 bits per heavy atom. The van der Waals surface area contributed by atoms with E-state index < -0.39 is 0 Å². The first kappa shape index (κ1) is 33.5. The van der Waals surface area contributed by atoms with E-state index in [-0.39, 0.29) is 5.41 Å². The van der Waals surface area contributed by atoms with Crippen molar-refractivity contribution in [1.29, 1.82) is 0 Å². The molecule has 0 aliphatic heterocycles. The SMILES string of the molecule is CC1(C)c2ccccc2-c2cc3c4ccccc4n(-c4ccc(-n5c(-c6nc7cc(-c8ccccc8)ccc7s6)nc6c7cccnc7c7ncccc7c65)cc4)c3cc21. The molecule has 0 saturated heterocycles. The number of hydrogen-bond acceptors (Lipinski definition) is 5. The molecular formula is C53H34N6S. The van der Waals surface area contributed by atoms with Gasteiger partial charge in [0.15, 0.2) is 10.8 Å². The van der Waals surface area contributed by atoms with Gasteiger partial charge in [-0.3, -0.25) is 14.5 Å². The number of fused-ring (bicyclic) bond motifs is 13. The van der Waals surface area contributed by atoms with Crippen LogP contribution in [0.5, 0.6) is 0 Å². The Hall–Kier alpha value is -7.48. The number of pyridine rings is 2. The van der Waals surface area contributed by atoms with Crippen molar-refractivity contribution in [2.24, 2.45) is 0 Å². The molecule has 7 heteroatoms. The van der Waals surface area contributed by atoms with Gasteiger partial charge < -0.3 is 4.57 Å². The third-order valence-corrected chi connectivity index (χ3v) is 13.7. The van der Waals surface area contributed by atoms with E-state index in [9.17, 15) is 0 Å². The van der Waals surface area contributed by atoms with Gasteiger partial charge in [-0.25, -0.2) is 9.97 Å². The zero-order chi connectivity index (χ0) is 39.7. The second kappa shape index (κ2) is 12.3. The molecule has 282 valence electrons. The second-order valence-corrected chi connectivity index (χ2v) is 17.3. The first-order valence-electron chi connectivity index (χ1n) is 20.3. The largest absolute Gasteiger partial charge is 0.309 e. The molecule has 12 aromatic rings. The Morgan fingerprint density at radius 3 is 2.02 bits per heavy atom. The summed E-state index contributed by atoms with van der Waals surface area (Å²) >= 11 is 1.67. The molecule has 0 spiro atoms. The normalized spacial score (nSPS) is 13.3. The number of hydrogen-bond donors (Lipinski definition) is 0. The zero-order valence-corrected chi connectivity index (χ0v) is 33.6. The third-order valence-electron chi connectivity index (χ3n) is 12.7. The highest BCUT2D eigenvalue weighted by Crippen LogP contribution is 2.51. The monoisotopic (exact) mass is 786 g/mol. The van der Waals surface area contributed by atoms with Gasteiger partial charge in [0, 0.05) is 50.7 Å². The Morgan fingerprint density at radius 1 is 0.483 bits per heavy atom. The Labute approximate surface area is 348 Å². The van der Waals surface area contributed by atoms with E-state index in [0.717, 1.165) is 70.8 Å². The number of rotatable bonds is 4. The fraction of sp³-hybridized carbons (Fsp3) is 0.0566. The molecule has 60 heavy (non-hydrogen) atoms. The first-order valence-corrected chi connectivity index (χ1v) is 21.1. The lowest BCUT2D eigenvalue weighted by atomic mass is 9.82. The zero-order valence-electron chi connectivity index (χ0n) is 32.8. The summed E-state index contributed by atoms with van der Waals surface area (Å²) in [4.78, 5) is 20.5. The summed E-state index contributed by atoms with van der Waals surface area (Å²) in [5, 5.41) is 5.31. The van der Waals surface area contributed by atoms with Gasteiger partial charge in [-0.1, -0.05) is 92.7 Å². The maximum Gasteiger partial charge on any atom is 0.175 e. The number of imidazole rings is 1. The lowest BCUT2D eigenvalue weighted by molar-refractivity contribution is 0.661. The summed E-state index contributed by atoms with van der Waals surface area (Å²) < 4.78 is 5.82. The Balaban J connectivity index is 1.04. The highest BCUT2D eigenvalue weighted by atomic mass is 32.1. The third kappa shape index (κ3) is 4.63. The fourth-order valence-corrected chi connectivity index (χ4v) is 10.8. The number of aromatic nitrogens is 6. The number of benzene rings is 7. The van der Waals surface area contributed by atoms with E-state index in [4.69, 9.17) is 19.9 Å². The highest BCUT2D eigenvalue weighted by molar-refractivity contribution is 7.21. The summed E-state index contributed by atoms with van der Waals surface area (Å²) in [5.41, 5.74) is 16.6. The van der Waals surface area contributed by atoms with Crippen LogP contribution in [0.25, 0.3) is 109 Å². The standard InChI is InChI=1S/C53H34N6S/c1-53(2)41-18-8-6-14-35(41)39-29-40-36-15-7-9-19-44(36)58(45(40)30-42(39)53)33-21-23-34(24-22-33)59-50-38-17-11-27-55-48(38)47-37(16-10-26-54-47)49(50)57-51(59)52-56-43-28-32(20-25-46(43)60-52)31-12-4-3-5-13-31/h3-30H,1-2H3. The molecule has 0 unspecified atom stereocenters. The molecule has 5 aromatic heterocycles. The molecule has 7 aromatic carbocycles. The van der Waals surface area contributed by atoms with Gasteiger partial charge >= 0.3 is 0 Å². The predicted octanol–water partition coefficient (Wildman–Crippen LogP) is 13.5. The summed E-state index contributed by atoms with van der Waals surface area (Å²) in [6.45, 7) is 4.70. The minimum atomic E-state index is -0.106. The predicted molar refractivity (Wildman–Crippen MR) is 248 cm³/mol. The van der Waals surface area contributed by atoms with Crippen molar-refractivity contribution in [1.82, 2.24) is 29.1 Å². The molecule has 0 radical (unpaired) electrons. The van der Waals surface area contributed by atoms with Crippen LogP contribution in [0.1, 0.15) is 25.0 Å². The summed E-state index contributed by atoms with van der Waals surface area (Å²) in [7, 11) is 0. The summed E-state index contributed by atoms with van der Waals surface area (Å²) in [6, 6.07) is 56.7. The Kier molecular flexibility index (Phi) is 6.85. The smallest absolute Gasteiger partial charge is 0.175 e. The maximum atomic E-state index is 5.47. The average molecular weight is 787 g/mol.